The van der Waals surface area contributed by atoms with Crippen LogP contribution in [-0.4, -0.2) is 19.1 Å². The van der Waals surface area contributed by atoms with Crippen LogP contribution < -0.4 is 10.2 Å². The summed E-state index contributed by atoms with van der Waals surface area (Å²) >= 11 is 0. The van der Waals surface area contributed by atoms with Gasteiger partial charge in [-0.25, -0.2) is 0 Å². The lowest BCUT2D eigenvalue weighted by Crippen LogP contribution is -2.26. The minimum absolute atomic E-state index is 0.448. The van der Waals surface area contributed by atoms with Crippen molar-refractivity contribution in [3.63, 3.8) is 0 Å². The van der Waals surface area contributed by atoms with E-state index < -0.39 is 0 Å². The van der Waals surface area contributed by atoms with Gasteiger partial charge < -0.3 is 10.2 Å². The zero-order chi connectivity index (χ0) is 13.7. The lowest BCUT2D eigenvalue weighted by Gasteiger charge is -2.25. The predicted octanol–water partition coefficient (Wildman–Crippen LogP) is 4.13. The highest BCUT2D eigenvalue weighted by Crippen LogP contribution is 2.32. The van der Waals surface area contributed by atoms with Crippen molar-refractivity contribution in [2.24, 2.45) is 0 Å². The van der Waals surface area contributed by atoms with E-state index in [1.807, 2.05) is 0 Å². The van der Waals surface area contributed by atoms with Crippen LogP contribution in [0.2, 0.25) is 0 Å². The van der Waals surface area contributed by atoms with Crippen LogP contribution in [0.3, 0.4) is 0 Å². The molecule has 106 valence electrons. The van der Waals surface area contributed by atoms with Crippen molar-refractivity contribution in [1.29, 1.82) is 0 Å². The summed E-state index contributed by atoms with van der Waals surface area (Å²) in [5.74, 6) is 0. The summed E-state index contributed by atoms with van der Waals surface area (Å²) in [6.07, 6.45) is 5.32. The first kappa shape index (κ1) is 14.4. The van der Waals surface area contributed by atoms with Crippen LogP contribution in [0.4, 0.5) is 5.69 Å². The van der Waals surface area contributed by atoms with Crippen LogP contribution in [0.1, 0.15) is 58.1 Å². The molecule has 1 unspecified atom stereocenters. The van der Waals surface area contributed by atoms with Gasteiger partial charge in [0.2, 0.25) is 0 Å². The molecule has 0 aromatic heterocycles. The zero-order valence-electron chi connectivity index (χ0n) is 12.7. The Kier molecular flexibility index (Phi) is 5.26. The molecule has 1 fully saturated rings. The van der Waals surface area contributed by atoms with Crippen LogP contribution in [0, 0.1) is 0 Å². The third kappa shape index (κ3) is 3.97. The lowest BCUT2D eigenvalue weighted by atomic mass is 10.1. The molecule has 1 aliphatic carbocycles. The van der Waals surface area contributed by atoms with Crippen molar-refractivity contribution in [3.05, 3.63) is 29.8 Å². The number of unbranched alkanes of at least 4 members (excludes halogenated alkanes) is 1. The summed E-state index contributed by atoms with van der Waals surface area (Å²) in [5, 5.41) is 3.47. The normalized spacial score (nSPS) is 16.4. The molecule has 2 heteroatoms. The Bertz CT molecular complexity index is 367. The van der Waals surface area contributed by atoms with Gasteiger partial charge in [-0.1, -0.05) is 32.4 Å². The van der Waals surface area contributed by atoms with Gasteiger partial charge in [0, 0.05) is 24.3 Å². The summed E-state index contributed by atoms with van der Waals surface area (Å²) in [4.78, 5) is 2.60. The van der Waals surface area contributed by atoms with E-state index >= 15 is 0 Å². The highest BCUT2D eigenvalue weighted by atomic mass is 15.2. The Hall–Kier alpha value is -1.02. The number of hydrogen-bond acceptors (Lipinski definition) is 2. The average molecular weight is 260 g/mol. The van der Waals surface area contributed by atoms with E-state index in [2.05, 4.69) is 55.3 Å². The second kappa shape index (κ2) is 6.95. The Balaban J connectivity index is 2.02. The van der Waals surface area contributed by atoms with Crippen molar-refractivity contribution >= 4 is 5.69 Å². The van der Waals surface area contributed by atoms with Gasteiger partial charge >= 0.3 is 0 Å². The van der Waals surface area contributed by atoms with Gasteiger partial charge in [-0.2, -0.15) is 0 Å². The highest BCUT2D eigenvalue weighted by molar-refractivity contribution is 5.50. The topological polar surface area (TPSA) is 15.3 Å². The van der Waals surface area contributed by atoms with Crippen LogP contribution in [0.25, 0.3) is 0 Å². The van der Waals surface area contributed by atoms with Gasteiger partial charge in [-0.05, 0) is 50.4 Å². The monoisotopic (exact) mass is 260 g/mol. The molecular formula is C17H28N2. The number of anilines is 1. The van der Waals surface area contributed by atoms with E-state index in [9.17, 15) is 0 Å². The Morgan fingerprint density at radius 3 is 2.42 bits per heavy atom. The van der Waals surface area contributed by atoms with Crippen molar-refractivity contribution in [3.8, 4) is 0 Å². The van der Waals surface area contributed by atoms with E-state index in [1.165, 1.54) is 43.5 Å². The van der Waals surface area contributed by atoms with E-state index in [0.29, 0.717) is 6.04 Å². The number of nitrogens with zero attached hydrogens (tertiary/aromatic N) is 1. The second-order valence-electron chi connectivity index (χ2n) is 5.65. The lowest BCUT2D eigenvalue weighted by molar-refractivity contribution is 0.598. The molecule has 1 aromatic carbocycles. The molecule has 0 spiro atoms. The fourth-order valence-electron chi connectivity index (χ4n) is 2.62. The van der Waals surface area contributed by atoms with Crippen molar-refractivity contribution in [1.82, 2.24) is 5.32 Å². The molecule has 1 N–H and O–H groups in total. The van der Waals surface area contributed by atoms with Crippen molar-refractivity contribution in [2.45, 2.75) is 58.5 Å². The van der Waals surface area contributed by atoms with Gasteiger partial charge in [-0.15, -0.1) is 0 Å². The molecule has 2 nitrogen and oxygen atoms in total. The van der Waals surface area contributed by atoms with E-state index in [4.69, 9.17) is 0 Å². The maximum absolute atomic E-state index is 3.47. The Labute approximate surface area is 118 Å². The average Bonchev–Trinajstić information content (AvgIpc) is 3.25. The zero-order valence-corrected chi connectivity index (χ0v) is 12.7. The highest BCUT2D eigenvalue weighted by Gasteiger charge is 2.28. The molecule has 0 bridgehead atoms. The maximum Gasteiger partial charge on any atom is 0.0368 e. The minimum Gasteiger partial charge on any atom is -0.369 e. The van der Waals surface area contributed by atoms with Crippen molar-refractivity contribution in [2.75, 3.05) is 18.0 Å². The van der Waals surface area contributed by atoms with Gasteiger partial charge in [0.15, 0.2) is 0 Å². The molecule has 1 atom stereocenters. The van der Waals surface area contributed by atoms with Crippen molar-refractivity contribution < 1.29 is 0 Å². The minimum atomic E-state index is 0.448. The van der Waals surface area contributed by atoms with E-state index in [1.54, 1.807) is 0 Å². The van der Waals surface area contributed by atoms with Crippen LogP contribution in [0.5, 0.6) is 0 Å². The number of hydrogen-bond donors (Lipinski definition) is 1. The molecule has 0 amide bonds. The predicted molar refractivity (Wildman–Crippen MR) is 83.8 cm³/mol. The molecule has 1 aromatic rings. The first-order chi connectivity index (χ1) is 9.26. The first-order valence-corrected chi connectivity index (χ1v) is 7.86. The Morgan fingerprint density at radius 1 is 1.21 bits per heavy atom. The Morgan fingerprint density at radius 2 is 1.89 bits per heavy atom. The molecule has 19 heavy (non-hydrogen) atoms. The summed E-state index contributed by atoms with van der Waals surface area (Å²) in [7, 11) is 0. The quantitative estimate of drug-likeness (QED) is 0.756. The third-order valence-corrected chi connectivity index (χ3v) is 3.98. The van der Waals surface area contributed by atoms with Gasteiger partial charge in [0.1, 0.15) is 0 Å². The third-order valence-electron chi connectivity index (χ3n) is 3.98. The van der Waals surface area contributed by atoms with Crippen LogP contribution >= 0.6 is 0 Å². The molecule has 0 saturated heterocycles. The fraction of sp³-hybridized carbons (Fsp3) is 0.647. The second-order valence-corrected chi connectivity index (χ2v) is 5.65. The van der Waals surface area contributed by atoms with E-state index in [-0.39, 0.29) is 0 Å². The molecule has 0 radical (unpaired) electrons. The van der Waals surface area contributed by atoms with E-state index in [0.717, 1.165) is 12.6 Å². The van der Waals surface area contributed by atoms with Crippen LogP contribution in [0.15, 0.2) is 24.3 Å². The first-order valence-electron chi connectivity index (χ1n) is 7.86. The summed E-state index contributed by atoms with van der Waals surface area (Å²) in [5.41, 5.74) is 2.79. The maximum atomic E-state index is 3.47. The molecule has 0 heterocycles. The molecule has 1 saturated carbocycles. The molecular weight excluding hydrogens is 232 g/mol. The fourth-order valence-corrected chi connectivity index (χ4v) is 2.62. The van der Waals surface area contributed by atoms with Gasteiger partial charge in [0.25, 0.3) is 0 Å². The van der Waals surface area contributed by atoms with Crippen LogP contribution in [-0.2, 0) is 0 Å². The summed E-state index contributed by atoms with van der Waals surface area (Å²) in [6.45, 7) is 8.89. The van der Waals surface area contributed by atoms with Gasteiger partial charge in [-0.3, -0.25) is 0 Å². The number of nitrogens with one attached hydrogen (secondary N) is 1. The van der Waals surface area contributed by atoms with Gasteiger partial charge in [0.05, 0.1) is 0 Å². The standard InChI is InChI=1S/C17H28N2/c1-4-6-13-19(17-11-12-17)16-9-7-15(8-10-16)14(3)18-5-2/h7-10,14,17-18H,4-6,11-13H2,1-3H3. The smallest absolute Gasteiger partial charge is 0.0368 e. The SMILES string of the molecule is CCCCN(c1ccc(C(C)NCC)cc1)C1CC1. The molecule has 1 aliphatic rings. The number of rotatable bonds is 8. The number of benzene rings is 1. The summed E-state index contributed by atoms with van der Waals surface area (Å²) in [6, 6.07) is 10.4. The largest absolute Gasteiger partial charge is 0.369 e. The summed E-state index contributed by atoms with van der Waals surface area (Å²) < 4.78 is 0. The molecule has 2 rings (SSSR count). The molecule has 0 aliphatic heterocycles.